The van der Waals surface area contributed by atoms with Crippen LogP contribution in [0.15, 0.2) is 61.1 Å². The van der Waals surface area contributed by atoms with E-state index in [4.69, 9.17) is 10.5 Å². The van der Waals surface area contributed by atoms with Gasteiger partial charge in [0.15, 0.2) is 0 Å². The number of rotatable bonds is 8. The molecule has 8 heteroatoms. The number of hydrogen-bond donors (Lipinski definition) is 1. The fourth-order valence-corrected chi connectivity index (χ4v) is 3.38. The molecular weight excluding hydrogens is 435 g/mol. The molecule has 3 rings (SSSR count). The number of hydrogen-bond acceptors (Lipinski definition) is 4. The van der Waals surface area contributed by atoms with Crippen LogP contribution < -0.4 is 10.5 Å². The van der Waals surface area contributed by atoms with Gasteiger partial charge in [0.25, 0.3) is 0 Å². The van der Waals surface area contributed by atoms with Crippen molar-refractivity contribution in [2.24, 2.45) is 5.73 Å². The van der Waals surface area contributed by atoms with Crippen molar-refractivity contribution in [3.8, 4) is 5.75 Å². The van der Waals surface area contributed by atoms with Gasteiger partial charge >= 0.3 is 0 Å². The summed E-state index contributed by atoms with van der Waals surface area (Å²) in [7, 11) is 3.42. The minimum atomic E-state index is -0.626. The van der Waals surface area contributed by atoms with Gasteiger partial charge in [0.2, 0.25) is 5.91 Å². The predicted molar refractivity (Wildman–Crippen MR) is 128 cm³/mol. The summed E-state index contributed by atoms with van der Waals surface area (Å²) in [6, 6.07) is 15.5. The van der Waals surface area contributed by atoms with Crippen LogP contribution in [0.2, 0.25) is 0 Å². The molecule has 0 aliphatic heterocycles. The number of nitrogens with zero attached hydrogens (tertiary/aromatic N) is 3. The highest BCUT2D eigenvalue weighted by Gasteiger charge is 2.20. The van der Waals surface area contributed by atoms with Crippen LogP contribution in [0, 0.1) is 6.92 Å². The number of aryl methyl sites for hydroxylation is 1. The largest absolute Gasteiger partial charge is 0.496 e. The molecule has 1 amide bonds. The van der Waals surface area contributed by atoms with E-state index < -0.39 is 6.04 Å². The first-order valence-corrected chi connectivity index (χ1v) is 9.65. The molecule has 1 aromatic heterocycles. The molecule has 31 heavy (non-hydrogen) atoms. The van der Waals surface area contributed by atoms with Crippen LogP contribution in [0.5, 0.6) is 5.75 Å². The lowest BCUT2D eigenvalue weighted by atomic mass is 10.1. The third-order valence-electron chi connectivity index (χ3n) is 4.90. The number of carbonyl (C=O) groups is 1. The second-order valence-corrected chi connectivity index (χ2v) is 7.33. The summed E-state index contributed by atoms with van der Waals surface area (Å²) in [6.45, 7) is 3.23. The highest BCUT2D eigenvalue weighted by molar-refractivity contribution is 5.85. The van der Waals surface area contributed by atoms with E-state index in [-0.39, 0.29) is 30.7 Å². The molecule has 0 spiro atoms. The normalized spacial score (nSPS) is 11.1. The Labute approximate surface area is 196 Å². The Morgan fingerprint density at radius 2 is 1.87 bits per heavy atom. The van der Waals surface area contributed by atoms with E-state index in [1.807, 2.05) is 54.1 Å². The maximum absolute atomic E-state index is 12.7. The van der Waals surface area contributed by atoms with Crippen LogP contribution in [-0.4, -0.2) is 40.6 Å². The Kier molecular flexibility index (Phi) is 10.6. The number of aromatic nitrogens is 2. The van der Waals surface area contributed by atoms with Crippen molar-refractivity contribution < 1.29 is 9.53 Å². The van der Waals surface area contributed by atoms with Crippen molar-refractivity contribution in [2.45, 2.75) is 32.5 Å². The maximum atomic E-state index is 12.7. The lowest BCUT2D eigenvalue weighted by Crippen LogP contribution is -2.42. The van der Waals surface area contributed by atoms with Crippen molar-refractivity contribution in [2.75, 3.05) is 14.2 Å². The number of methoxy groups -OCH3 is 1. The average molecular weight is 465 g/mol. The molecule has 2 N–H and O–H groups in total. The molecule has 3 aromatic rings. The summed E-state index contributed by atoms with van der Waals surface area (Å²) in [5.74, 6) is 0.738. The monoisotopic (exact) mass is 464 g/mol. The van der Waals surface area contributed by atoms with Crippen molar-refractivity contribution >= 4 is 30.7 Å². The van der Waals surface area contributed by atoms with Crippen molar-refractivity contribution in [1.82, 2.24) is 14.5 Å². The highest BCUT2D eigenvalue weighted by Crippen LogP contribution is 2.19. The van der Waals surface area contributed by atoms with E-state index in [1.54, 1.807) is 25.4 Å². The van der Waals surface area contributed by atoms with Gasteiger partial charge in [-0.3, -0.25) is 4.79 Å². The number of halogens is 2. The third-order valence-corrected chi connectivity index (χ3v) is 4.90. The zero-order valence-corrected chi connectivity index (χ0v) is 19.7. The second-order valence-electron chi connectivity index (χ2n) is 7.33. The van der Waals surface area contributed by atoms with Crippen LogP contribution in [0.1, 0.15) is 22.4 Å². The summed E-state index contributed by atoms with van der Waals surface area (Å²) in [4.78, 5) is 18.8. The smallest absolute Gasteiger partial charge is 0.239 e. The molecule has 0 unspecified atom stereocenters. The van der Waals surface area contributed by atoms with Crippen LogP contribution in [0.4, 0.5) is 0 Å². The molecule has 0 aliphatic rings. The van der Waals surface area contributed by atoms with Crippen LogP contribution >= 0.6 is 24.8 Å². The first-order chi connectivity index (χ1) is 14.0. The number of nitrogens with two attached hydrogens (primary N) is 1. The fraction of sp³-hybridized carbons (Fsp3) is 0.304. The fourth-order valence-electron chi connectivity index (χ4n) is 3.38. The Morgan fingerprint density at radius 3 is 2.52 bits per heavy atom. The Balaban J connectivity index is 0.00000240. The molecule has 0 aliphatic carbocycles. The lowest BCUT2D eigenvalue weighted by Gasteiger charge is -2.21. The first-order valence-electron chi connectivity index (χ1n) is 9.65. The average Bonchev–Trinajstić information content (AvgIpc) is 3.15. The Hall–Kier alpha value is -2.54. The van der Waals surface area contributed by atoms with Gasteiger partial charge in [-0.2, -0.15) is 0 Å². The Bertz CT molecular complexity index is 963. The summed E-state index contributed by atoms with van der Waals surface area (Å²) in [6.07, 6.45) is 4.14. The van der Waals surface area contributed by atoms with Gasteiger partial charge in [0.05, 0.1) is 25.2 Å². The van der Waals surface area contributed by atoms with Gasteiger partial charge in [-0.1, -0.05) is 42.5 Å². The molecule has 1 heterocycles. The zero-order chi connectivity index (χ0) is 20.8. The quantitative estimate of drug-likeness (QED) is 0.552. The number of carbonyl (C=O) groups excluding carboxylic acids is 1. The molecule has 6 nitrogen and oxygen atoms in total. The van der Waals surface area contributed by atoms with E-state index >= 15 is 0 Å². The van der Waals surface area contributed by atoms with Gasteiger partial charge in [0.1, 0.15) is 5.75 Å². The third kappa shape index (κ3) is 7.28. The van der Waals surface area contributed by atoms with E-state index in [1.165, 1.54) is 5.56 Å². The second kappa shape index (κ2) is 12.3. The van der Waals surface area contributed by atoms with E-state index in [2.05, 4.69) is 17.1 Å². The van der Waals surface area contributed by atoms with E-state index in [0.717, 1.165) is 29.1 Å². The van der Waals surface area contributed by atoms with Crippen molar-refractivity contribution in [1.29, 1.82) is 0 Å². The van der Waals surface area contributed by atoms with E-state index in [0.29, 0.717) is 13.0 Å². The lowest BCUT2D eigenvalue weighted by molar-refractivity contribution is -0.131. The number of ether oxygens (including phenoxy) is 1. The molecule has 0 saturated carbocycles. The van der Waals surface area contributed by atoms with Crippen molar-refractivity contribution in [3.63, 3.8) is 0 Å². The number of likely N-dealkylation sites (N-methyl/N-ethyl adjacent to an activating group) is 1. The van der Waals surface area contributed by atoms with Crippen LogP contribution in [0.3, 0.4) is 0 Å². The van der Waals surface area contributed by atoms with Gasteiger partial charge < -0.3 is 19.9 Å². The zero-order valence-electron chi connectivity index (χ0n) is 18.0. The molecule has 0 bridgehead atoms. The van der Waals surface area contributed by atoms with Gasteiger partial charge in [-0.05, 0) is 29.7 Å². The highest BCUT2D eigenvalue weighted by atomic mass is 35.5. The van der Waals surface area contributed by atoms with Gasteiger partial charge in [-0.15, -0.1) is 24.8 Å². The Morgan fingerprint density at radius 1 is 1.16 bits per heavy atom. The van der Waals surface area contributed by atoms with Crippen molar-refractivity contribution in [3.05, 3.63) is 83.4 Å². The summed E-state index contributed by atoms with van der Waals surface area (Å²) >= 11 is 0. The van der Waals surface area contributed by atoms with Crippen LogP contribution in [-0.2, 0) is 24.3 Å². The molecule has 0 saturated heterocycles. The predicted octanol–water partition coefficient (Wildman–Crippen LogP) is 3.62. The molecule has 1 atom stereocenters. The minimum Gasteiger partial charge on any atom is -0.496 e. The molecule has 0 radical (unpaired) electrons. The van der Waals surface area contributed by atoms with E-state index in [9.17, 15) is 4.79 Å². The standard InChI is InChI=1S/C23H28N4O2.2ClH/c1-17-11-19(9-10-22(17)29-3)13-26(2)23(28)21(24)12-20-15-27(16-25-20)14-18-7-5-4-6-8-18;;/h4-11,15-16,21H,12-14,24H2,1-3H3;2*1H/t21-;;/m0../s1. The van der Waals surface area contributed by atoms with Crippen LogP contribution in [0.25, 0.3) is 0 Å². The molecule has 2 aromatic carbocycles. The first kappa shape index (κ1) is 26.5. The summed E-state index contributed by atoms with van der Waals surface area (Å²) in [5.41, 5.74) is 10.3. The number of imidazole rings is 1. The summed E-state index contributed by atoms with van der Waals surface area (Å²) < 4.78 is 7.29. The topological polar surface area (TPSA) is 73.4 Å². The molecule has 0 fully saturated rings. The minimum absolute atomic E-state index is 0. The number of amides is 1. The summed E-state index contributed by atoms with van der Waals surface area (Å²) in [5, 5.41) is 0. The molecular formula is C23H30Cl2N4O2. The SMILES string of the molecule is COc1ccc(CN(C)C(=O)[C@@H](N)Cc2cn(Cc3ccccc3)cn2)cc1C.Cl.Cl. The van der Waals surface area contributed by atoms with Gasteiger partial charge in [0, 0.05) is 32.8 Å². The molecule has 168 valence electrons. The van der Waals surface area contributed by atoms with Gasteiger partial charge in [-0.25, -0.2) is 4.98 Å². The number of benzene rings is 2. The maximum Gasteiger partial charge on any atom is 0.239 e.